The molecule has 0 bridgehead atoms. The lowest BCUT2D eigenvalue weighted by Crippen LogP contribution is -2.06. The van der Waals surface area contributed by atoms with E-state index in [-0.39, 0.29) is 30.2 Å². The van der Waals surface area contributed by atoms with Crippen LogP contribution in [0.4, 0.5) is 4.39 Å². The fourth-order valence-corrected chi connectivity index (χ4v) is 3.94. The van der Waals surface area contributed by atoms with Crippen LogP contribution in [0.2, 0.25) is 0 Å². The lowest BCUT2D eigenvalue weighted by molar-refractivity contribution is -0.142. The molecule has 2 aromatic carbocycles. The second-order valence-corrected chi connectivity index (χ2v) is 8.13. The number of nitriles is 1. The number of fused-ring (bicyclic) bond motifs is 1. The molecule has 0 spiro atoms. The molecule has 1 aliphatic carbocycles. The van der Waals surface area contributed by atoms with Gasteiger partial charge in [0.25, 0.3) is 5.89 Å². The fraction of sp³-hybridized carbons (Fsp3) is 0.308. The number of aromatic nitrogens is 2. The molecule has 1 aliphatic rings. The number of benzene rings is 2. The Morgan fingerprint density at radius 3 is 2.79 bits per heavy atom. The maximum atomic E-state index is 14.5. The van der Waals surface area contributed by atoms with Crippen LogP contribution in [0, 0.1) is 17.1 Å². The average Bonchev–Trinajstić information content (AvgIpc) is 3.45. The van der Waals surface area contributed by atoms with Gasteiger partial charge >= 0.3 is 5.97 Å². The zero-order chi connectivity index (χ0) is 24.2. The van der Waals surface area contributed by atoms with E-state index in [0.29, 0.717) is 41.9 Å². The second kappa shape index (κ2) is 9.87. The number of rotatable bonds is 8. The first-order valence-corrected chi connectivity index (χ1v) is 11.1. The number of halogens is 1. The van der Waals surface area contributed by atoms with Crippen LogP contribution in [0.15, 0.2) is 40.9 Å². The number of carbonyl (C=O) groups excluding carboxylic acids is 1. The lowest BCUT2D eigenvalue weighted by Gasteiger charge is -2.11. The van der Waals surface area contributed by atoms with Crippen LogP contribution in [0.1, 0.15) is 50.3 Å². The van der Waals surface area contributed by atoms with Crippen molar-refractivity contribution in [2.75, 3.05) is 6.61 Å². The van der Waals surface area contributed by atoms with Crippen molar-refractivity contribution in [2.45, 2.75) is 46.1 Å². The third kappa shape index (κ3) is 4.84. The number of carbonyl (C=O) groups is 1. The quantitative estimate of drug-likeness (QED) is 0.409. The second-order valence-electron chi connectivity index (χ2n) is 8.13. The summed E-state index contributed by atoms with van der Waals surface area (Å²) >= 11 is 0. The average molecular weight is 461 g/mol. The molecular weight excluding hydrogens is 437 g/mol. The predicted octanol–water partition coefficient (Wildman–Crippen LogP) is 5.48. The van der Waals surface area contributed by atoms with Crippen molar-refractivity contribution in [3.63, 3.8) is 0 Å². The van der Waals surface area contributed by atoms with E-state index in [1.165, 1.54) is 12.1 Å². The van der Waals surface area contributed by atoms with Gasteiger partial charge in [0, 0.05) is 17.5 Å². The predicted molar refractivity (Wildman–Crippen MR) is 123 cm³/mol. The largest absolute Gasteiger partial charge is 0.490 e. The van der Waals surface area contributed by atoms with E-state index >= 15 is 0 Å². The molecule has 1 aromatic heterocycles. The summed E-state index contributed by atoms with van der Waals surface area (Å²) < 4.78 is 30.6. The Kier molecular flexibility index (Phi) is 6.73. The molecule has 1 heterocycles. The molecule has 0 saturated heterocycles. The minimum absolute atomic E-state index is 0.0705. The standard InChI is InChI=1S/C26H24FN3O4/c1-4-32-24(31)10-7-16-5-8-20-21(16)12-19(27)13-22(20)25-29-26(34-30-25)17-6-9-23(33-15(2)3)18(11-17)14-28/h5-6,9,11-13,15H,4,7-8,10H2,1-3H3. The number of ether oxygens (including phenoxy) is 2. The SMILES string of the molecule is CCOC(=O)CCC1=CCc2c1cc(F)cc2-c1noc(-c2ccc(OC(C)C)c(C#N)c2)n1. The van der Waals surface area contributed by atoms with Gasteiger partial charge in [0.2, 0.25) is 5.82 Å². The Labute approximate surface area is 196 Å². The smallest absolute Gasteiger partial charge is 0.306 e. The summed E-state index contributed by atoms with van der Waals surface area (Å²) in [4.78, 5) is 16.2. The van der Waals surface area contributed by atoms with Crippen molar-refractivity contribution >= 4 is 11.5 Å². The highest BCUT2D eigenvalue weighted by atomic mass is 19.1. The summed E-state index contributed by atoms with van der Waals surface area (Å²) in [5.41, 5.74) is 3.97. The molecule has 8 heteroatoms. The first kappa shape index (κ1) is 23.2. The molecule has 0 saturated carbocycles. The Morgan fingerprint density at radius 1 is 1.26 bits per heavy atom. The number of hydrogen-bond acceptors (Lipinski definition) is 7. The van der Waals surface area contributed by atoms with Crippen LogP contribution in [0.5, 0.6) is 5.75 Å². The summed E-state index contributed by atoms with van der Waals surface area (Å²) in [5.74, 6) is 0.245. The van der Waals surface area contributed by atoms with Gasteiger partial charge in [0.15, 0.2) is 0 Å². The third-order valence-electron chi connectivity index (χ3n) is 5.39. The molecule has 34 heavy (non-hydrogen) atoms. The summed E-state index contributed by atoms with van der Waals surface area (Å²) in [6.07, 6.45) is 3.19. The van der Waals surface area contributed by atoms with Gasteiger partial charge in [-0.05, 0) is 80.6 Å². The molecule has 0 amide bonds. The van der Waals surface area contributed by atoms with Crippen molar-refractivity contribution in [3.8, 4) is 34.7 Å². The van der Waals surface area contributed by atoms with Crippen LogP contribution in [0.3, 0.4) is 0 Å². The molecule has 0 N–H and O–H groups in total. The number of allylic oxidation sites excluding steroid dienone is 2. The number of hydrogen-bond donors (Lipinski definition) is 0. The van der Waals surface area contributed by atoms with Gasteiger partial charge in [-0.3, -0.25) is 4.79 Å². The Morgan fingerprint density at radius 2 is 2.06 bits per heavy atom. The molecule has 0 radical (unpaired) electrons. The van der Waals surface area contributed by atoms with Crippen molar-refractivity contribution in [3.05, 3.63) is 58.9 Å². The summed E-state index contributed by atoms with van der Waals surface area (Å²) in [6, 6.07) is 10.0. The summed E-state index contributed by atoms with van der Waals surface area (Å²) in [6.45, 7) is 5.86. The zero-order valence-electron chi connectivity index (χ0n) is 19.2. The minimum atomic E-state index is -0.425. The maximum Gasteiger partial charge on any atom is 0.306 e. The first-order chi connectivity index (χ1) is 16.4. The van der Waals surface area contributed by atoms with E-state index in [1.54, 1.807) is 25.1 Å². The third-order valence-corrected chi connectivity index (χ3v) is 5.39. The Balaban J connectivity index is 1.61. The van der Waals surface area contributed by atoms with Gasteiger partial charge < -0.3 is 14.0 Å². The van der Waals surface area contributed by atoms with Gasteiger partial charge in [0.05, 0.1) is 18.3 Å². The topological polar surface area (TPSA) is 98.2 Å². The molecule has 4 rings (SSSR count). The van der Waals surface area contributed by atoms with E-state index < -0.39 is 5.82 Å². The Bertz CT molecular complexity index is 1300. The van der Waals surface area contributed by atoms with Crippen LogP contribution < -0.4 is 4.74 Å². The molecule has 0 atom stereocenters. The fourth-order valence-electron chi connectivity index (χ4n) is 3.94. The number of nitrogens with zero attached hydrogens (tertiary/aromatic N) is 3. The maximum absolute atomic E-state index is 14.5. The highest BCUT2D eigenvalue weighted by molar-refractivity contribution is 5.82. The highest BCUT2D eigenvalue weighted by Crippen LogP contribution is 2.38. The first-order valence-electron chi connectivity index (χ1n) is 11.1. The molecule has 0 aliphatic heterocycles. The monoisotopic (exact) mass is 461 g/mol. The highest BCUT2D eigenvalue weighted by Gasteiger charge is 2.23. The molecule has 0 unspecified atom stereocenters. The molecular formula is C26H24FN3O4. The van der Waals surface area contributed by atoms with Crippen LogP contribution in [-0.2, 0) is 16.0 Å². The van der Waals surface area contributed by atoms with Crippen molar-refractivity contribution in [1.29, 1.82) is 5.26 Å². The zero-order valence-corrected chi connectivity index (χ0v) is 19.2. The minimum Gasteiger partial charge on any atom is -0.490 e. The van der Waals surface area contributed by atoms with Crippen LogP contribution in [0.25, 0.3) is 28.4 Å². The van der Waals surface area contributed by atoms with Gasteiger partial charge in [-0.15, -0.1) is 0 Å². The van der Waals surface area contributed by atoms with Gasteiger partial charge in [-0.25, -0.2) is 4.39 Å². The van der Waals surface area contributed by atoms with Crippen LogP contribution >= 0.6 is 0 Å². The van der Waals surface area contributed by atoms with Crippen molar-refractivity contribution in [2.24, 2.45) is 0 Å². The van der Waals surface area contributed by atoms with Gasteiger partial charge in [-0.1, -0.05) is 11.2 Å². The Hall–Kier alpha value is -3.99. The van der Waals surface area contributed by atoms with E-state index in [4.69, 9.17) is 14.0 Å². The van der Waals surface area contributed by atoms with Gasteiger partial charge in [0.1, 0.15) is 17.6 Å². The van der Waals surface area contributed by atoms with E-state index in [0.717, 1.165) is 16.7 Å². The van der Waals surface area contributed by atoms with E-state index in [9.17, 15) is 14.4 Å². The van der Waals surface area contributed by atoms with Crippen LogP contribution in [-0.4, -0.2) is 28.8 Å². The molecule has 3 aromatic rings. The lowest BCUT2D eigenvalue weighted by atomic mass is 9.97. The summed E-state index contributed by atoms with van der Waals surface area (Å²) in [7, 11) is 0. The summed E-state index contributed by atoms with van der Waals surface area (Å²) in [5, 5.41) is 13.5. The normalized spacial score (nSPS) is 12.3. The molecule has 7 nitrogen and oxygen atoms in total. The number of esters is 1. The molecule has 0 fully saturated rings. The van der Waals surface area contributed by atoms with Crippen molar-refractivity contribution < 1.29 is 23.2 Å². The van der Waals surface area contributed by atoms with E-state index in [2.05, 4.69) is 16.2 Å². The van der Waals surface area contributed by atoms with Crippen molar-refractivity contribution in [1.82, 2.24) is 10.1 Å². The molecule has 174 valence electrons. The van der Waals surface area contributed by atoms with E-state index in [1.807, 2.05) is 19.9 Å². The van der Waals surface area contributed by atoms with Gasteiger partial charge in [-0.2, -0.15) is 10.2 Å².